The van der Waals surface area contributed by atoms with Gasteiger partial charge in [0.25, 0.3) is 0 Å². The Morgan fingerprint density at radius 1 is 1.40 bits per heavy atom. The smallest absolute Gasteiger partial charge is 0.150 e. The van der Waals surface area contributed by atoms with E-state index in [2.05, 4.69) is 51.9 Å². The molecule has 0 aliphatic carbocycles. The molecule has 0 saturated heterocycles. The predicted octanol–water partition coefficient (Wildman–Crippen LogP) is 3.75. The number of nitrogen functional groups attached to an aromatic ring is 1. The second kappa shape index (κ2) is 5.87. The Labute approximate surface area is 128 Å². The zero-order valence-electron chi connectivity index (χ0n) is 12.4. The van der Waals surface area contributed by atoms with Crippen molar-refractivity contribution in [3.63, 3.8) is 0 Å². The second-order valence-electron chi connectivity index (χ2n) is 5.35. The molecular weight excluding hydrogens is 316 g/mol. The van der Waals surface area contributed by atoms with E-state index in [1.54, 1.807) is 0 Å². The molecule has 4 nitrogen and oxygen atoms in total. The molecule has 108 valence electrons. The molecule has 0 fully saturated rings. The Kier molecular flexibility index (Phi) is 4.38. The summed E-state index contributed by atoms with van der Waals surface area (Å²) < 4.78 is 3.08. The molecule has 2 N–H and O–H groups in total. The Bertz CT molecular complexity index is 604. The summed E-state index contributed by atoms with van der Waals surface area (Å²) in [6.45, 7) is 6.97. The van der Waals surface area contributed by atoms with Crippen LogP contribution in [0, 0.1) is 6.92 Å². The number of aromatic nitrogens is 2. The number of halogens is 1. The van der Waals surface area contributed by atoms with Gasteiger partial charge in [-0.15, -0.1) is 0 Å². The molecule has 5 heteroatoms. The zero-order valence-corrected chi connectivity index (χ0v) is 14.0. The highest BCUT2D eigenvalue weighted by atomic mass is 79.9. The molecule has 0 radical (unpaired) electrons. The maximum absolute atomic E-state index is 6.19. The lowest BCUT2D eigenvalue weighted by Gasteiger charge is -2.23. The summed E-state index contributed by atoms with van der Waals surface area (Å²) in [6.07, 6.45) is 0. The van der Waals surface area contributed by atoms with Gasteiger partial charge >= 0.3 is 0 Å². The minimum atomic E-state index is 0.283. The third-order valence-corrected chi connectivity index (χ3v) is 3.76. The van der Waals surface area contributed by atoms with Crippen molar-refractivity contribution in [2.75, 3.05) is 17.7 Å². The van der Waals surface area contributed by atoms with E-state index in [1.165, 1.54) is 5.56 Å². The molecule has 0 aliphatic rings. The molecular formula is C15H21BrN4. The topological polar surface area (TPSA) is 47.1 Å². The number of nitrogens with two attached hydrogens (primary N) is 1. The molecule has 20 heavy (non-hydrogen) atoms. The number of nitrogens with zero attached hydrogens (tertiary/aromatic N) is 3. The third-order valence-electron chi connectivity index (χ3n) is 3.26. The van der Waals surface area contributed by atoms with Crippen LogP contribution in [0.2, 0.25) is 0 Å². The van der Waals surface area contributed by atoms with E-state index in [4.69, 9.17) is 5.73 Å². The molecule has 1 aromatic heterocycles. The first-order valence-electron chi connectivity index (χ1n) is 6.70. The number of rotatable bonds is 4. The predicted molar refractivity (Wildman–Crippen MR) is 88.0 cm³/mol. The Morgan fingerprint density at radius 2 is 2.10 bits per heavy atom. The summed E-state index contributed by atoms with van der Waals surface area (Å²) in [4.78, 5) is 2.15. The molecule has 1 aromatic carbocycles. The van der Waals surface area contributed by atoms with Crippen molar-refractivity contribution < 1.29 is 0 Å². The van der Waals surface area contributed by atoms with Gasteiger partial charge in [0.15, 0.2) is 5.82 Å². The van der Waals surface area contributed by atoms with Gasteiger partial charge in [-0.3, -0.25) is 0 Å². The molecule has 0 spiro atoms. The Morgan fingerprint density at radius 3 is 2.70 bits per heavy atom. The van der Waals surface area contributed by atoms with E-state index >= 15 is 0 Å². The monoisotopic (exact) mass is 336 g/mol. The summed E-state index contributed by atoms with van der Waals surface area (Å²) in [7, 11) is 2.05. The van der Waals surface area contributed by atoms with Gasteiger partial charge in [0.05, 0.1) is 11.4 Å². The number of hydrogen-bond acceptors (Lipinski definition) is 3. The van der Waals surface area contributed by atoms with Crippen LogP contribution in [0.3, 0.4) is 0 Å². The first kappa shape index (κ1) is 14.9. The molecule has 0 saturated carbocycles. The van der Waals surface area contributed by atoms with Crippen LogP contribution in [0.5, 0.6) is 0 Å². The van der Waals surface area contributed by atoms with Crippen molar-refractivity contribution in [1.29, 1.82) is 0 Å². The minimum absolute atomic E-state index is 0.283. The first-order valence-corrected chi connectivity index (χ1v) is 7.49. The fraction of sp³-hybridized carbons (Fsp3) is 0.400. The maximum Gasteiger partial charge on any atom is 0.150 e. The number of hydrogen-bond donors (Lipinski definition) is 1. The van der Waals surface area contributed by atoms with E-state index in [9.17, 15) is 0 Å². The van der Waals surface area contributed by atoms with Gasteiger partial charge in [-0.2, -0.15) is 5.10 Å². The average Bonchev–Trinajstić information content (AvgIpc) is 2.66. The quantitative estimate of drug-likeness (QED) is 0.924. The normalized spacial score (nSPS) is 11.1. The first-order chi connectivity index (χ1) is 9.40. The van der Waals surface area contributed by atoms with Crippen LogP contribution in [0.25, 0.3) is 0 Å². The van der Waals surface area contributed by atoms with Gasteiger partial charge in [-0.05, 0) is 38.5 Å². The lowest BCUT2D eigenvalue weighted by atomic mass is 10.2. The van der Waals surface area contributed by atoms with E-state index in [1.807, 2.05) is 30.8 Å². The van der Waals surface area contributed by atoms with Crippen molar-refractivity contribution in [1.82, 2.24) is 9.78 Å². The van der Waals surface area contributed by atoms with Gasteiger partial charge in [0.1, 0.15) is 0 Å². The van der Waals surface area contributed by atoms with Crippen molar-refractivity contribution >= 4 is 27.4 Å². The van der Waals surface area contributed by atoms with Gasteiger partial charge in [-0.25, -0.2) is 4.68 Å². The SMILES string of the molecule is Cc1nn(C(C)C)c(N(C)Cc2cccc(Br)c2)c1N. The summed E-state index contributed by atoms with van der Waals surface area (Å²) in [5.41, 5.74) is 9.07. The Hall–Kier alpha value is -1.49. The van der Waals surface area contributed by atoms with Gasteiger partial charge in [0, 0.05) is 24.1 Å². The molecule has 0 bridgehead atoms. The number of anilines is 2. The summed E-state index contributed by atoms with van der Waals surface area (Å²) >= 11 is 3.50. The fourth-order valence-corrected chi connectivity index (χ4v) is 2.72. The van der Waals surface area contributed by atoms with E-state index in [0.717, 1.165) is 28.2 Å². The molecule has 2 rings (SSSR count). The molecule has 0 atom stereocenters. The molecule has 2 aromatic rings. The van der Waals surface area contributed by atoms with Gasteiger partial charge < -0.3 is 10.6 Å². The van der Waals surface area contributed by atoms with Crippen molar-refractivity contribution in [2.24, 2.45) is 0 Å². The lowest BCUT2D eigenvalue weighted by molar-refractivity contribution is 0.525. The number of aryl methyl sites for hydroxylation is 1. The average molecular weight is 337 g/mol. The van der Waals surface area contributed by atoms with Crippen molar-refractivity contribution in [3.8, 4) is 0 Å². The molecule has 1 heterocycles. The van der Waals surface area contributed by atoms with Crippen LogP contribution in [-0.2, 0) is 6.54 Å². The van der Waals surface area contributed by atoms with E-state index in [-0.39, 0.29) is 6.04 Å². The molecule has 0 unspecified atom stereocenters. The van der Waals surface area contributed by atoms with Crippen LogP contribution in [0.1, 0.15) is 31.1 Å². The minimum Gasteiger partial charge on any atom is -0.394 e. The highest BCUT2D eigenvalue weighted by Gasteiger charge is 2.18. The highest BCUT2D eigenvalue weighted by molar-refractivity contribution is 9.10. The van der Waals surface area contributed by atoms with E-state index < -0.39 is 0 Å². The highest BCUT2D eigenvalue weighted by Crippen LogP contribution is 2.29. The summed E-state index contributed by atoms with van der Waals surface area (Å²) in [5, 5.41) is 4.53. The van der Waals surface area contributed by atoms with Crippen LogP contribution < -0.4 is 10.6 Å². The van der Waals surface area contributed by atoms with E-state index in [0.29, 0.717) is 0 Å². The fourth-order valence-electron chi connectivity index (χ4n) is 2.27. The zero-order chi connectivity index (χ0) is 14.9. The molecule has 0 amide bonds. The third kappa shape index (κ3) is 2.98. The summed E-state index contributed by atoms with van der Waals surface area (Å²) in [6, 6.07) is 8.59. The molecule has 0 aliphatic heterocycles. The number of benzene rings is 1. The largest absolute Gasteiger partial charge is 0.394 e. The van der Waals surface area contributed by atoms with Crippen molar-refractivity contribution in [3.05, 3.63) is 40.0 Å². The van der Waals surface area contributed by atoms with Gasteiger partial charge in [0.2, 0.25) is 0 Å². The Balaban J connectivity index is 2.31. The van der Waals surface area contributed by atoms with Crippen LogP contribution in [-0.4, -0.2) is 16.8 Å². The van der Waals surface area contributed by atoms with Gasteiger partial charge in [-0.1, -0.05) is 28.1 Å². The second-order valence-corrected chi connectivity index (χ2v) is 6.26. The lowest BCUT2D eigenvalue weighted by Crippen LogP contribution is -2.22. The maximum atomic E-state index is 6.19. The van der Waals surface area contributed by atoms with Crippen LogP contribution in [0.4, 0.5) is 11.5 Å². The van der Waals surface area contributed by atoms with Crippen LogP contribution in [0.15, 0.2) is 28.7 Å². The standard InChI is InChI=1S/C15H21BrN4/c1-10(2)20-15(14(17)11(3)18-20)19(4)9-12-6-5-7-13(16)8-12/h5-8,10H,9,17H2,1-4H3. The van der Waals surface area contributed by atoms with Crippen molar-refractivity contribution in [2.45, 2.75) is 33.4 Å². The summed E-state index contributed by atoms with van der Waals surface area (Å²) in [5.74, 6) is 0.984. The van der Waals surface area contributed by atoms with Crippen LogP contribution >= 0.6 is 15.9 Å².